The molecule has 1 aromatic carbocycles. The summed E-state index contributed by atoms with van der Waals surface area (Å²) in [4.78, 5) is 25.1. The van der Waals surface area contributed by atoms with Crippen molar-refractivity contribution >= 4 is 17.5 Å². The molecule has 0 aliphatic carbocycles. The molecule has 0 unspecified atom stereocenters. The molecule has 0 spiro atoms. The number of nitrogens with zero attached hydrogens (tertiary/aromatic N) is 2. The van der Waals surface area contributed by atoms with Crippen LogP contribution in [0.2, 0.25) is 0 Å². The monoisotopic (exact) mass is 398 g/mol. The van der Waals surface area contributed by atoms with Crippen molar-refractivity contribution in [1.82, 2.24) is 15.1 Å². The topological polar surface area (TPSA) is 78.1 Å². The van der Waals surface area contributed by atoms with Gasteiger partial charge in [-0.15, -0.1) is 0 Å². The van der Waals surface area contributed by atoms with Crippen LogP contribution < -0.4 is 5.32 Å². The molecule has 0 radical (unpaired) electrons. The van der Waals surface area contributed by atoms with E-state index in [1.165, 1.54) is 29.2 Å². The smallest absolute Gasteiger partial charge is 0.342 e. The predicted octanol–water partition coefficient (Wildman–Crippen LogP) is 3.46. The van der Waals surface area contributed by atoms with Gasteiger partial charge in [-0.25, -0.2) is 4.39 Å². The van der Waals surface area contributed by atoms with Crippen molar-refractivity contribution in [2.45, 2.75) is 31.4 Å². The Morgan fingerprint density at radius 2 is 1.89 bits per heavy atom. The number of carbonyl (C=O) groups excluding carboxylic acids is 2. The summed E-state index contributed by atoms with van der Waals surface area (Å²) in [5.74, 6) is -2.13. The average Bonchev–Trinajstić information content (AvgIpc) is 3.12. The zero-order valence-corrected chi connectivity index (χ0v) is 14.7. The fraction of sp³-hybridized carbons (Fsp3) is 0.389. The SMILES string of the molecule is O=C(Nc1ccccc1F)c1cc(C2CCN(C(=O)CC(F)(F)F)CC2)[nH]n1. The molecule has 28 heavy (non-hydrogen) atoms. The van der Waals surface area contributed by atoms with Gasteiger partial charge in [-0.2, -0.15) is 18.3 Å². The van der Waals surface area contributed by atoms with Crippen LogP contribution in [0.4, 0.5) is 23.2 Å². The third-order valence-corrected chi connectivity index (χ3v) is 4.59. The lowest BCUT2D eigenvalue weighted by Crippen LogP contribution is -2.39. The molecule has 1 aliphatic heterocycles. The number of piperidine rings is 1. The lowest BCUT2D eigenvalue weighted by atomic mass is 9.93. The number of benzene rings is 1. The molecule has 0 atom stereocenters. The number of likely N-dealkylation sites (tertiary alicyclic amines) is 1. The van der Waals surface area contributed by atoms with Crippen molar-refractivity contribution in [3.63, 3.8) is 0 Å². The maximum Gasteiger partial charge on any atom is 0.397 e. The van der Waals surface area contributed by atoms with Crippen molar-refractivity contribution in [1.29, 1.82) is 0 Å². The summed E-state index contributed by atoms with van der Waals surface area (Å²) in [5.41, 5.74) is 0.768. The number of aromatic nitrogens is 2. The fourth-order valence-corrected chi connectivity index (χ4v) is 3.13. The molecule has 0 saturated carbocycles. The summed E-state index contributed by atoms with van der Waals surface area (Å²) in [6, 6.07) is 7.27. The molecule has 2 heterocycles. The van der Waals surface area contributed by atoms with E-state index in [9.17, 15) is 27.2 Å². The number of aromatic amines is 1. The van der Waals surface area contributed by atoms with E-state index in [1.54, 1.807) is 6.07 Å². The van der Waals surface area contributed by atoms with E-state index in [0.29, 0.717) is 18.5 Å². The van der Waals surface area contributed by atoms with Gasteiger partial charge in [0.25, 0.3) is 5.91 Å². The van der Waals surface area contributed by atoms with Crippen LogP contribution in [0.3, 0.4) is 0 Å². The van der Waals surface area contributed by atoms with Crippen LogP contribution >= 0.6 is 0 Å². The largest absolute Gasteiger partial charge is 0.397 e. The van der Waals surface area contributed by atoms with Gasteiger partial charge in [0, 0.05) is 24.7 Å². The highest BCUT2D eigenvalue weighted by atomic mass is 19.4. The molecule has 10 heteroatoms. The van der Waals surface area contributed by atoms with Gasteiger partial charge in [0.2, 0.25) is 5.91 Å². The zero-order valence-electron chi connectivity index (χ0n) is 14.7. The Balaban J connectivity index is 1.57. The van der Waals surface area contributed by atoms with E-state index < -0.39 is 30.2 Å². The Hall–Kier alpha value is -2.91. The molecule has 0 bridgehead atoms. The summed E-state index contributed by atoms with van der Waals surface area (Å²) in [7, 11) is 0. The fourth-order valence-electron chi connectivity index (χ4n) is 3.13. The zero-order chi connectivity index (χ0) is 20.3. The van der Waals surface area contributed by atoms with E-state index in [4.69, 9.17) is 0 Å². The quantitative estimate of drug-likeness (QED) is 0.775. The van der Waals surface area contributed by atoms with Crippen molar-refractivity contribution in [2.24, 2.45) is 0 Å². The normalized spacial score (nSPS) is 15.5. The Kier molecular flexibility index (Phi) is 5.66. The number of rotatable bonds is 4. The summed E-state index contributed by atoms with van der Waals surface area (Å²) in [6.07, 6.45) is -5.06. The molecule has 1 saturated heterocycles. The first-order chi connectivity index (χ1) is 13.2. The first-order valence-electron chi connectivity index (χ1n) is 8.68. The highest BCUT2D eigenvalue weighted by molar-refractivity contribution is 6.02. The molecule has 2 amide bonds. The van der Waals surface area contributed by atoms with Crippen LogP contribution in [-0.2, 0) is 4.79 Å². The van der Waals surface area contributed by atoms with Gasteiger partial charge in [0.05, 0.1) is 5.69 Å². The number of alkyl halides is 3. The lowest BCUT2D eigenvalue weighted by molar-refractivity contribution is -0.162. The molecule has 150 valence electrons. The second-order valence-corrected chi connectivity index (χ2v) is 6.59. The van der Waals surface area contributed by atoms with Gasteiger partial charge in [0.15, 0.2) is 5.69 Å². The Bertz CT molecular complexity index is 857. The third-order valence-electron chi connectivity index (χ3n) is 4.59. The summed E-state index contributed by atoms with van der Waals surface area (Å²) in [6.45, 7) is 0.407. The van der Waals surface area contributed by atoms with E-state index in [0.717, 1.165) is 0 Å². The third kappa shape index (κ3) is 4.87. The van der Waals surface area contributed by atoms with E-state index >= 15 is 0 Å². The number of carbonyl (C=O) groups is 2. The number of amides is 2. The number of hydrogen-bond donors (Lipinski definition) is 2. The molecule has 2 N–H and O–H groups in total. The number of nitrogens with one attached hydrogen (secondary N) is 2. The molecule has 1 aromatic heterocycles. The van der Waals surface area contributed by atoms with Crippen molar-refractivity contribution in [3.8, 4) is 0 Å². The van der Waals surface area contributed by atoms with Crippen LogP contribution in [0.1, 0.15) is 41.4 Å². The van der Waals surface area contributed by atoms with Gasteiger partial charge < -0.3 is 10.2 Å². The maximum atomic E-state index is 13.6. The molecular formula is C18H18F4N4O2. The van der Waals surface area contributed by atoms with Gasteiger partial charge in [-0.1, -0.05) is 12.1 Å². The van der Waals surface area contributed by atoms with E-state index in [2.05, 4.69) is 15.5 Å². The van der Waals surface area contributed by atoms with Crippen LogP contribution in [0.25, 0.3) is 0 Å². The molecule has 2 aromatic rings. The predicted molar refractivity (Wildman–Crippen MR) is 92.2 cm³/mol. The summed E-state index contributed by atoms with van der Waals surface area (Å²) < 4.78 is 50.6. The number of hydrogen-bond acceptors (Lipinski definition) is 3. The van der Waals surface area contributed by atoms with Crippen LogP contribution in [-0.4, -0.2) is 46.2 Å². The summed E-state index contributed by atoms with van der Waals surface area (Å²) in [5, 5.41) is 9.11. The Morgan fingerprint density at radius 1 is 1.21 bits per heavy atom. The Labute approximate surface area is 157 Å². The van der Waals surface area contributed by atoms with E-state index in [1.807, 2.05) is 0 Å². The second kappa shape index (κ2) is 7.99. The van der Waals surface area contributed by atoms with Gasteiger partial charge in [-0.05, 0) is 31.0 Å². The minimum atomic E-state index is -4.52. The van der Waals surface area contributed by atoms with Crippen LogP contribution in [0.15, 0.2) is 30.3 Å². The van der Waals surface area contributed by atoms with Gasteiger partial charge in [-0.3, -0.25) is 14.7 Å². The van der Waals surface area contributed by atoms with Gasteiger partial charge >= 0.3 is 6.18 Å². The van der Waals surface area contributed by atoms with Crippen molar-refractivity contribution < 1.29 is 27.2 Å². The number of halogens is 4. The molecule has 3 rings (SSSR count). The molecule has 6 nitrogen and oxygen atoms in total. The average molecular weight is 398 g/mol. The standard InChI is InChI=1S/C18H18F4N4O2/c19-12-3-1-2-4-13(12)23-17(28)15-9-14(24-25-15)11-5-7-26(8-6-11)16(27)10-18(20,21)22/h1-4,9,11H,5-8,10H2,(H,23,28)(H,24,25). The maximum absolute atomic E-state index is 13.6. The first-order valence-corrected chi connectivity index (χ1v) is 8.68. The van der Waals surface area contributed by atoms with Crippen LogP contribution in [0, 0.1) is 5.82 Å². The minimum Gasteiger partial charge on any atom is -0.342 e. The molecular weight excluding hydrogens is 380 g/mol. The number of anilines is 1. The van der Waals surface area contributed by atoms with E-state index in [-0.39, 0.29) is 30.4 Å². The number of H-pyrrole nitrogens is 1. The molecule has 1 fully saturated rings. The highest BCUT2D eigenvalue weighted by Gasteiger charge is 2.35. The highest BCUT2D eigenvalue weighted by Crippen LogP contribution is 2.29. The first kappa shape index (κ1) is 19.8. The number of para-hydroxylation sites is 1. The lowest BCUT2D eigenvalue weighted by Gasteiger charge is -2.31. The van der Waals surface area contributed by atoms with Gasteiger partial charge in [0.1, 0.15) is 12.2 Å². The van der Waals surface area contributed by atoms with Crippen LogP contribution in [0.5, 0.6) is 0 Å². The summed E-state index contributed by atoms with van der Waals surface area (Å²) >= 11 is 0. The minimum absolute atomic E-state index is 0.0357. The second-order valence-electron chi connectivity index (χ2n) is 6.59. The Morgan fingerprint density at radius 3 is 2.54 bits per heavy atom. The molecule has 1 aliphatic rings. The van der Waals surface area contributed by atoms with Crippen molar-refractivity contribution in [3.05, 3.63) is 47.5 Å². The van der Waals surface area contributed by atoms with Crippen molar-refractivity contribution in [2.75, 3.05) is 18.4 Å².